The molecule has 0 aliphatic carbocycles. The van der Waals surface area contributed by atoms with Crippen LogP contribution in [-0.4, -0.2) is 9.13 Å². The Hall–Kier alpha value is -7.36. The molecule has 0 amide bonds. The van der Waals surface area contributed by atoms with Crippen molar-refractivity contribution in [3.8, 4) is 33.6 Å². The number of hydrogen-bond acceptors (Lipinski definition) is 1. The number of benzene rings is 9. The Morgan fingerprint density at radius 2 is 0.764 bits per heavy atom. The molecule has 0 N–H and O–H groups in total. The number of aromatic nitrogens is 2. The number of rotatable bonds is 4. The Kier molecular flexibility index (Phi) is 6.34. The van der Waals surface area contributed by atoms with Crippen molar-refractivity contribution in [3.05, 3.63) is 194 Å². The van der Waals surface area contributed by atoms with Gasteiger partial charge in [0.2, 0.25) is 0 Å². The van der Waals surface area contributed by atoms with Crippen molar-refractivity contribution in [1.82, 2.24) is 9.13 Å². The molecule has 12 rings (SSSR count). The molecule has 0 fully saturated rings. The van der Waals surface area contributed by atoms with E-state index >= 15 is 0 Å². The zero-order valence-corrected chi connectivity index (χ0v) is 29.8. The van der Waals surface area contributed by atoms with Crippen LogP contribution < -0.4 is 0 Å². The van der Waals surface area contributed by atoms with Gasteiger partial charge < -0.3 is 13.6 Å². The lowest BCUT2D eigenvalue weighted by Gasteiger charge is -2.11. The highest BCUT2D eigenvalue weighted by Crippen LogP contribution is 2.39. The van der Waals surface area contributed by atoms with Crippen LogP contribution in [0, 0.1) is 0 Å². The molecule has 0 saturated heterocycles. The second kappa shape index (κ2) is 11.6. The van der Waals surface area contributed by atoms with E-state index in [9.17, 15) is 0 Å². The molecule has 0 radical (unpaired) electrons. The molecular formula is C52H32N2O. The molecule has 0 atom stereocenters. The Bertz CT molecular complexity index is 3490. The average Bonchev–Trinajstić information content (AvgIpc) is 3.90. The van der Waals surface area contributed by atoms with Crippen LogP contribution in [0.2, 0.25) is 0 Å². The first kappa shape index (κ1) is 30.1. The lowest BCUT2D eigenvalue weighted by atomic mass is 9.99. The van der Waals surface area contributed by atoms with Gasteiger partial charge in [0.15, 0.2) is 0 Å². The summed E-state index contributed by atoms with van der Waals surface area (Å²) < 4.78 is 10.9. The van der Waals surface area contributed by atoms with Crippen molar-refractivity contribution in [3.63, 3.8) is 0 Å². The molecule has 3 aromatic heterocycles. The molecule has 55 heavy (non-hydrogen) atoms. The SMILES string of the molecule is c1ccc(-n2c3ccccc3c3cc(-c4ccc5c(c4)c4ccccc4n5-c4ccc5ccc(-c6ccc7oc8ccccc8c7c6)cc5c4)ccc32)cc1. The zero-order chi connectivity index (χ0) is 36.0. The Balaban J connectivity index is 0.985. The fraction of sp³-hybridized carbons (Fsp3) is 0. The van der Waals surface area contributed by atoms with Gasteiger partial charge >= 0.3 is 0 Å². The first-order valence-corrected chi connectivity index (χ1v) is 18.8. The number of hydrogen-bond donors (Lipinski definition) is 0. The summed E-state index contributed by atoms with van der Waals surface area (Å²) in [5.41, 5.74) is 13.8. The van der Waals surface area contributed by atoms with E-state index in [-0.39, 0.29) is 0 Å². The third-order valence-electron chi connectivity index (χ3n) is 11.5. The van der Waals surface area contributed by atoms with Gasteiger partial charge in [-0.15, -0.1) is 0 Å². The molecule has 0 spiro atoms. The second-order valence-corrected chi connectivity index (χ2v) is 14.6. The van der Waals surface area contributed by atoms with Crippen LogP contribution in [-0.2, 0) is 0 Å². The molecule has 256 valence electrons. The highest BCUT2D eigenvalue weighted by Gasteiger charge is 2.17. The maximum absolute atomic E-state index is 6.12. The van der Waals surface area contributed by atoms with Crippen molar-refractivity contribution in [2.24, 2.45) is 0 Å². The summed E-state index contributed by atoms with van der Waals surface area (Å²) in [6.45, 7) is 0. The molecule has 0 bridgehead atoms. The first-order valence-electron chi connectivity index (χ1n) is 18.8. The molecule has 3 nitrogen and oxygen atoms in total. The van der Waals surface area contributed by atoms with Gasteiger partial charge in [-0.3, -0.25) is 0 Å². The summed E-state index contributed by atoms with van der Waals surface area (Å²) in [6, 6.07) is 70.4. The van der Waals surface area contributed by atoms with E-state index in [1.807, 2.05) is 12.1 Å². The summed E-state index contributed by atoms with van der Waals surface area (Å²) in [6.07, 6.45) is 0. The molecule has 0 saturated carbocycles. The van der Waals surface area contributed by atoms with Gasteiger partial charge in [-0.2, -0.15) is 0 Å². The average molecular weight is 701 g/mol. The Labute approximate surface area is 316 Å². The predicted octanol–water partition coefficient (Wildman–Crippen LogP) is 14.3. The van der Waals surface area contributed by atoms with Gasteiger partial charge in [0.1, 0.15) is 11.2 Å². The summed E-state index contributed by atoms with van der Waals surface area (Å²) in [5.74, 6) is 0. The highest BCUT2D eigenvalue weighted by molar-refractivity contribution is 6.13. The van der Waals surface area contributed by atoms with E-state index in [1.165, 1.54) is 82.3 Å². The minimum Gasteiger partial charge on any atom is -0.456 e. The smallest absolute Gasteiger partial charge is 0.135 e. The van der Waals surface area contributed by atoms with E-state index in [0.29, 0.717) is 0 Å². The van der Waals surface area contributed by atoms with Crippen LogP contribution >= 0.6 is 0 Å². The third-order valence-corrected chi connectivity index (χ3v) is 11.5. The summed E-state index contributed by atoms with van der Waals surface area (Å²) >= 11 is 0. The van der Waals surface area contributed by atoms with Crippen LogP contribution in [0.1, 0.15) is 0 Å². The maximum atomic E-state index is 6.12. The van der Waals surface area contributed by atoms with Crippen molar-refractivity contribution in [2.45, 2.75) is 0 Å². The largest absolute Gasteiger partial charge is 0.456 e. The molecule has 3 heterocycles. The predicted molar refractivity (Wildman–Crippen MR) is 231 cm³/mol. The monoisotopic (exact) mass is 700 g/mol. The van der Waals surface area contributed by atoms with Crippen LogP contribution in [0.3, 0.4) is 0 Å². The molecule has 0 aliphatic rings. The van der Waals surface area contributed by atoms with Crippen LogP contribution in [0.4, 0.5) is 0 Å². The zero-order valence-electron chi connectivity index (χ0n) is 29.8. The van der Waals surface area contributed by atoms with Crippen molar-refractivity contribution < 1.29 is 4.42 Å². The lowest BCUT2D eigenvalue weighted by Crippen LogP contribution is -1.94. The Morgan fingerprint density at radius 3 is 1.47 bits per heavy atom. The fourth-order valence-corrected chi connectivity index (χ4v) is 8.90. The molecule has 9 aromatic carbocycles. The van der Waals surface area contributed by atoms with E-state index in [1.54, 1.807) is 0 Å². The lowest BCUT2D eigenvalue weighted by molar-refractivity contribution is 0.669. The third kappa shape index (κ3) is 4.57. The maximum Gasteiger partial charge on any atom is 0.135 e. The van der Waals surface area contributed by atoms with Crippen molar-refractivity contribution in [1.29, 1.82) is 0 Å². The normalized spacial score (nSPS) is 12.0. The molecule has 0 aliphatic heterocycles. The van der Waals surface area contributed by atoms with Gasteiger partial charge in [-0.1, -0.05) is 109 Å². The van der Waals surface area contributed by atoms with Gasteiger partial charge in [0.25, 0.3) is 0 Å². The van der Waals surface area contributed by atoms with E-state index in [4.69, 9.17) is 4.42 Å². The summed E-state index contributed by atoms with van der Waals surface area (Å²) in [7, 11) is 0. The second-order valence-electron chi connectivity index (χ2n) is 14.6. The van der Waals surface area contributed by atoms with Crippen LogP contribution in [0.5, 0.6) is 0 Å². The minimum atomic E-state index is 0.916. The number of nitrogens with zero attached hydrogens (tertiary/aromatic N) is 2. The molecule has 3 heteroatoms. The number of para-hydroxylation sites is 4. The standard InChI is InChI=1S/C52H32N2O/c1-2-10-39(11-3-1)53-47-15-7-4-12-41(47)44-30-35(21-25-49(44)53)36-22-26-50-45(31-36)42-13-5-8-16-48(42)54(50)40-24-20-33-18-19-34(28-38(33)29-40)37-23-27-52-46(32-37)43-14-6-9-17-51(43)55-52/h1-32H. The molecule has 12 aromatic rings. The van der Waals surface area contributed by atoms with Crippen molar-refractivity contribution >= 4 is 76.3 Å². The topological polar surface area (TPSA) is 23.0 Å². The summed E-state index contributed by atoms with van der Waals surface area (Å²) in [4.78, 5) is 0. The quantitative estimate of drug-likeness (QED) is 0.179. The van der Waals surface area contributed by atoms with Gasteiger partial charge in [0.05, 0.1) is 22.1 Å². The van der Waals surface area contributed by atoms with Crippen LogP contribution in [0.25, 0.3) is 110 Å². The van der Waals surface area contributed by atoms with Gasteiger partial charge in [-0.05, 0) is 118 Å². The van der Waals surface area contributed by atoms with Gasteiger partial charge in [0, 0.05) is 43.7 Å². The number of furan rings is 1. The first-order chi connectivity index (χ1) is 27.2. The van der Waals surface area contributed by atoms with Crippen molar-refractivity contribution in [2.75, 3.05) is 0 Å². The molecule has 0 unspecified atom stereocenters. The molecular weight excluding hydrogens is 669 g/mol. The summed E-state index contributed by atoms with van der Waals surface area (Å²) in [5, 5.41) is 9.72. The number of fused-ring (bicyclic) bond motifs is 10. The van der Waals surface area contributed by atoms with Crippen LogP contribution in [0.15, 0.2) is 199 Å². The highest BCUT2D eigenvalue weighted by atomic mass is 16.3. The van der Waals surface area contributed by atoms with E-state index in [0.717, 1.165) is 27.6 Å². The fourth-order valence-electron chi connectivity index (χ4n) is 8.90. The van der Waals surface area contributed by atoms with Gasteiger partial charge in [-0.25, -0.2) is 0 Å². The Morgan fingerprint density at radius 1 is 0.273 bits per heavy atom. The minimum absolute atomic E-state index is 0.916. The van der Waals surface area contributed by atoms with E-state index in [2.05, 4.69) is 191 Å². The van der Waals surface area contributed by atoms with E-state index < -0.39 is 0 Å².